The van der Waals surface area contributed by atoms with E-state index in [0.717, 1.165) is 5.56 Å². The summed E-state index contributed by atoms with van der Waals surface area (Å²) < 4.78 is 5.65. The number of carbonyl (C=O) groups excluding carboxylic acids is 1. The van der Waals surface area contributed by atoms with Crippen molar-refractivity contribution in [2.45, 2.75) is 6.92 Å². The molecule has 2 aromatic carbocycles. The minimum absolute atomic E-state index is 0.0818. The van der Waals surface area contributed by atoms with Gasteiger partial charge in [-0.3, -0.25) is 14.9 Å². The van der Waals surface area contributed by atoms with Crippen molar-refractivity contribution in [1.82, 2.24) is 0 Å². The Morgan fingerprint density at radius 1 is 1.08 bits per heavy atom. The number of nitro benzene ring substituents is 1. The van der Waals surface area contributed by atoms with Crippen molar-refractivity contribution in [1.29, 1.82) is 0 Å². The zero-order valence-corrected chi connectivity index (χ0v) is 12.9. The van der Waals surface area contributed by atoms with Gasteiger partial charge in [-0.1, -0.05) is 36.4 Å². The minimum Gasteiger partial charge on any atom is -0.461 e. The first-order valence-electron chi connectivity index (χ1n) is 7.26. The summed E-state index contributed by atoms with van der Waals surface area (Å²) in [4.78, 5) is 22.7. The van der Waals surface area contributed by atoms with Crippen LogP contribution in [0.25, 0.3) is 11.3 Å². The number of hydrogen-bond acceptors (Lipinski definition) is 4. The summed E-state index contributed by atoms with van der Waals surface area (Å²) in [6, 6.07) is 16.9. The largest absolute Gasteiger partial charge is 0.461 e. The molecule has 0 fully saturated rings. The number of benzene rings is 2. The molecule has 0 aliphatic rings. The van der Waals surface area contributed by atoms with Crippen LogP contribution in [0, 0.1) is 17.0 Å². The number of nitrogens with one attached hydrogen (secondary N) is 1. The maximum Gasteiger partial charge on any atom is 0.271 e. The molecule has 6 heteroatoms. The van der Waals surface area contributed by atoms with Gasteiger partial charge in [-0.05, 0) is 19.1 Å². The predicted octanol–water partition coefficient (Wildman–Crippen LogP) is 4.42. The van der Waals surface area contributed by atoms with Crippen LogP contribution < -0.4 is 5.32 Å². The molecule has 0 bridgehead atoms. The molecule has 120 valence electrons. The van der Waals surface area contributed by atoms with Gasteiger partial charge in [-0.2, -0.15) is 0 Å². The Hall–Kier alpha value is -3.41. The fourth-order valence-corrected chi connectivity index (χ4v) is 2.35. The number of rotatable bonds is 4. The molecule has 0 atom stereocenters. The maximum absolute atomic E-state index is 12.4. The second kappa shape index (κ2) is 6.37. The average molecular weight is 322 g/mol. The lowest BCUT2D eigenvalue weighted by Crippen LogP contribution is -2.12. The second-order valence-corrected chi connectivity index (χ2v) is 5.21. The molecule has 3 aromatic rings. The Bertz CT molecular complexity index is 900. The van der Waals surface area contributed by atoms with Gasteiger partial charge in [0.2, 0.25) is 0 Å². The fourth-order valence-electron chi connectivity index (χ4n) is 2.35. The first-order chi connectivity index (χ1) is 11.5. The molecule has 0 spiro atoms. The molecule has 0 aliphatic carbocycles. The van der Waals surface area contributed by atoms with Gasteiger partial charge in [-0.15, -0.1) is 0 Å². The van der Waals surface area contributed by atoms with Crippen LogP contribution >= 0.6 is 0 Å². The molecule has 3 rings (SSSR count). The molecule has 0 radical (unpaired) electrons. The third-order valence-corrected chi connectivity index (χ3v) is 3.54. The Balaban J connectivity index is 1.84. The Morgan fingerprint density at radius 2 is 1.83 bits per heavy atom. The molecule has 0 aliphatic heterocycles. The Morgan fingerprint density at radius 3 is 2.54 bits per heavy atom. The van der Waals surface area contributed by atoms with E-state index in [2.05, 4.69) is 5.32 Å². The van der Waals surface area contributed by atoms with Gasteiger partial charge in [-0.25, -0.2) is 0 Å². The monoisotopic (exact) mass is 322 g/mol. The first-order valence-corrected chi connectivity index (χ1v) is 7.26. The third kappa shape index (κ3) is 3.17. The molecule has 24 heavy (non-hydrogen) atoms. The van der Waals surface area contributed by atoms with E-state index in [0.29, 0.717) is 22.8 Å². The predicted molar refractivity (Wildman–Crippen MR) is 89.9 cm³/mol. The highest BCUT2D eigenvalue weighted by atomic mass is 16.6. The van der Waals surface area contributed by atoms with E-state index in [1.54, 1.807) is 19.1 Å². The second-order valence-electron chi connectivity index (χ2n) is 5.21. The molecule has 0 saturated carbocycles. The molecule has 1 amide bonds. The summed E-state index contributed by atoms with van der Waals surface area (Å²) in [5.41, 5.74) is 1.54. The third-order valence-electron chi connectivity index (χ3n) is 3.54. The molecule has 1 N–H and O–H groups in total. The topological polar surface area (TPSA) is 85.4 Å². The molecule has 1 heterocycles. The standard InChI is InChI=1S/C18H14N2O4/c1-12-16(11-17(24-12)13-6-3-2-4-7-13)18(21)19-14-8-5-9-15(10-14)20(22)23/h2-11H,1H3,(H,19,21). The van der Waals surface area contributed by atoms with Gasteiger partial charge in [0.05, 0.1) is 10.5 Å². The lowest BCUT2D eigenvalue weighted by molar-refractivity contribution is -0.384. The van der Waals surface area contributed by atoms with Crippen molar-refractivity contribution in [2.75, 3.05) is 5.32 Å². The molecule has 0 unspecified atom stereocenters. The SMILES string of the molecule is Cc1oc(-c2ccccc2)cc1C(=O)Nc1cccc([N+](=O)[O-])c1. The van der Waals surface area contributed by atoms with Crippen LogP contribution in [0.5, 0.6) is 0 Å². The van der Waals surface area contributed by atoms with E-state index in [1.807, 2.05) is 30.3 Å². The number of hydrogen-bond donors (Lipinski definition) is 1. The van der Waals surface area contributed by atoms with Crippen LogP contribution in [0.1, 0.15) is 16.1 Å². The first kappa shape index (κ1) is 15.5. The van der Waals surface area contributed by atoms with E-state index in [9.17, 15) is 14.9 Å². The Labute approximate surface area is 137 Å². The van der Waals surface area contributed by atoms with Gasteiger partial charge in [0.15, 0.2) is 0 Å². The van der Waals surface area contributed by atoms with Crippen molar-refractivity contribution < 1.29 is 14.1 Å². The van der Waals surface area contributed by atoms with E-state index < -0.39 is 4.92 Å². The summed E-state index contributed by atoms with van der Waals surface area (Å²) in [7, 11) is 0. The van der Waals surface area contributed by atoms with Gasteiger partial charge >= 0.3 is 0 Å². The Kier molecular flexibility index (Phi) is 4.11. The zero-order chi connectivity index (χ0) is 17.1. The van der Waals surface area contributed by atoms with Crippen molar-refractivity contribution in [3.05, 3.63) is 82.1 Å². The fraction of sp³-hybridized carbons (Fsp3) is 0.0556. The van der Waals surface area contributed by atoms with Crippen LogP contribution in [0.3, 0.4) is 0 Å². The average Bonchev–Trinajstić information content (AvgIpc) is 2.98. The highest BCUT2D eigenvalue weighted by molar-refractivity contribution is 6.05. The molecular formula is C18H14N2O4. The van der Waals surface area contributed by atoms with Gasteiger partial charge < -0.3 is 9.73 Å². The quantitative estimate of drug-likeness (QED) is 0.569. The highest BCUT2D eigenvalue weighted by Gasteiger charge is 2.17. The highest BCUT2D eigenvalue weighted by Crippen LogP contribution is 2.26. The summed E-state index contributed by atoms with van der Waals surface area (Å²) in [5, 5.41) is 13.5. The van der Waals surface area contributed by atoms with E-state index >= 15 is 0 Å². The number of non-ortho nitro benzene ring substituents is 1. The summed E-state index contributed by atoms with van der Waals surface area (Å²) in [6.45, 7) is 1.70. The van der Waals surface area contributed by atoms with Crippen LogP contribution in [0.15, 0.2) is 65.1 Å². The van der Waals surface area contributed by atoms with Gasteiger partial charge in [0.1, 0.15) is 11.5 Å². The number of amides is 1. The lowest BCUT2D eigenvalue weighted by atomic mass is 10.1. The van der Waals surface area contributed by atoms with Crippen molar-refractivity contribution >= 4 is 17.3 Å². The zero-order valence-electron chi connectivity index (χ0n) is 12.9. The van der Waals surface area contributed by atoms with Crippen LogP contribution in [0.2, 0.25) is 0 Å². The number of anilines is 1. The van der Waals surface area contributed by atoms with E-state index in [4.69, 9.17) is 4.42 Å². The summed E-state index contributed by atoms with van der Waals surface area (Å²) >= 11 is 0. The van der Waals surface area contributed by atoms with Crippen molar-refractivity contribution in [3.8, 4) is 11.3 Å². The molecule has 6 nitrogen and oxygen atoms in total. The number of carbonyl (C=O) groups is 1. The summed E-state index contributed by atoms with van der Waals surface area (Å²) in [5.74, 6) is 0.702. The number of nitrogens with zero attached hydrogens (tertiary/aromatic N) is 1. The number of furan rings is 1. The molecule has 1 aromatic heterocycles. The van der Waals surface area contributed by atoms with Gasteiger partial charge in [0, 0.05) is 23.4 Å². The van der Waals surface area contributed by atoms with Gasteiger partial charge in [0.25, 0.3) is 11.6 Å². The van der Waals surface area contributed by atoms with Crippen LogP contribution in [0.4, 0.5) is 11.4 Å². The van der Waals surface area contributed by atoms with Crippen LogP contribution in [-0.2, 0) is 0 Å². The summed E-state index contributed by atoms with van der Waals surface area (Å²) in [6.07, 6.45) is 0. The smallest absolute Gasteiger partial charge is 0.271 e. The molecule has 0 saturated heterocycles. The van der Waals surface area contributed by atoms with Crippen molar-refractivity contribution in [2.24, 2.45) is 0 Å². The van der Waals surface area contributed by atoms with E-state index in [1.165, 1.54) is 18.2 Å². The number of nitro groups is 1. The number of aryl methyl sites for hydroxylation is 1. The lowest BCUT2D eigenvalue weighted by Gasteiger charge is -2.03. The molecular weight excluding hydrogens is 308 g/mol. The maximum atomic E-state index is 12.4. The van der Waals surface area contributed by atoms with Crippen molar-refractivity contribution in [3.63, 3.8) is 0 Å². The van der Waals surface area contributed by atoms with E-state index in [-0.39, 0.29) is 11.6 Å². The minimum atomic E-state index is -0.508. The normalized spacial score (nSPS) is 10.4. The van der Waals surface area contributed by atoms with Crippen LogP contribution in [-0.4, -0.2) is 10.8 Å².